The number of rotatable bonds is 7. The van der Waals surface area contributed by atoms with Gasteiger partial charge in [0.2, 0.25) is 0 Å². The molecule has 1 aromatic heterocycles. The van der Waals surface area contributed by atoms with Gasteiger partial charge in [-0.1, -0.05) is 13.0 Å². The maximum atomic E-state index is 5.58. The Labute approximate surface area is 176 Å². The summed E-state index contributed by atoms with van der Waals surface area (Å²) in [6.45, 7) is 2.10. The lowest BCUT2D eigenvalue weighted by Crippen LogP contribution is -2.32. The van der Waals surface area contributed by atoms with E-state index in [9.17, 15) is 0 Å². The van der Waals surface area contributed by atoms with E-state index in [1.165, 1.54) is 0 Å². The molecule has 0 amide bonds. The highest BCUT2D eigenvalue weighted by atomic mass is 32.1. The quantitative estimate of drug-likeness (QED) is 0.547. The first-order chi connectivity index (χ1) is 14.1. The third-order valence-corrected chi connectivity index (χ3v) is 4.94. The zero-order chi connectivity index (χ0) is 20.8. The molecule has 0 radical (unpaired) electrons. The molecule has 0 saturated carbocycles. The Balaban J connectivity index is 1.80. The smallest absolute Gasteiger partial charge is 0.171 e. The molecule has 0 aliphatic heterocycles. The molecule has 0 unspecified atom stereocenters. The Morgan fingerprint density at radius 1 is 1.00 bits per heavy atom. The first-order valence-electron chi connectivity index (χ1n) is 9.32. The van der Waals surface area contributed by atoms with Crippen molar-refractivity contribution in [3.8, 4) is 17.2 Å². The number of thiocarbonyl (C=S) groups is 1. The number of hydrogen-bond acceptors (Lipinski definition) is 5. The van der Waals surface area contributed by atoms with Gasteiger partial charge in [-0.3, -0.25) is 4.98 Å². The number of anilines is 1. The Bertz CT molecular complexity index is 1010. The van der Waals surface area contributed by atoms with Gasteiger partial charge in [-0.05, 0) is 60.6 Å². The minimum Gasteiger partial charge on any atom is -0.494 e. The molecular formula is C22H25N3O3S. The van der Waals surface area contributed by atoms with Crippen LogP contribution in [-0.4, -0.2) is 31.4 Å². The topological polar surface area (TPSA) is 64.6 Å². The van der Waals surface area contributed by atoms with Crippen LogP contribution in [0.25, 0.3) is 10.9 Å². The molecule has 2 N–H and O–H groups in total. The van der Waals surface area contributed by atoms with Gasteiger partial charge in [0.25, 0.3) is 0 Å². The lowest BCUT2D eigenvalue weighted by Gasteiger charge is -2.21. The van der Waals surface area contributed by atoms with Crippen molar-refractivity contribution in [1.82, 2.24) is 10.3 Å². The first-order valence-corrected chi connectivity index (χ1v) is 9.73. The summed E-state index contributed by atoms with van der Waals surface area (Å²) in [6, 6.07) is 13.6. The lowest BCUT2D eigenvalue weighted by atomic mass is 10.0. The Hall–Kier alpha value is -3.06. The van der Waals surface area contributed by atoms with Gasteiger partial charge in [0.1, 0.15) is 11.3 Å². The molecule has 3 rings (SSSR count). The maximum absolute atomic E-state index is 5.58. The fourth-order valence-electron chi connectivity index (χ4n) is 3.23. The number of nitrogens with one attached hydrogen (secondary N) is 2. The van der Waals surface area contributed by atoms with E-state index < -0.39 is 0 Å². The van der Waals surface area contributed by atoms with Crippen molar-refractivity contribution >= 4 is 33.9 Å². The summed E-state index contributed by atoms with van der Waals surface area (Å²) in [5, 5.41) is 8.15. The molecule has 3 aromatic rings. The molecule has 152 valence electrons. The molecule has 2 aromatic carbocycles. The van der Waals surface area contributed by atoms with E-state index in [1.807, 2.05) is 42.5 Å². The second-order valence-electron chi connectivity index (χ2n) is 6.39. The molecule has 29 heavy (non-hydrogen) atoms. The molecule has 0 aliphatic carbocycles. The average Bonchev–Trinajstić information content (AvgIpc) is 2.77. The normalized spacial score (nSPS) is 11.6. The molecular weight excluding hydrogens is 386 g/mol. The van der Waals surface area contributed by atoms with E-state index in [0.29, 0.717) is 16.6 Å². The van der Waals surface area contributed by atoms with Gasteiger partial charge in [0, 0.05) is 17.3 Å². The van der Waals surface area contributed by atoms with Gasteiger partial charge >= 0.3 is 0 Å². The Morgan fingerprint density at radius 3 is 2.41 bits per heavy atom. The molecule has 1 heterocycles. The largest absolute Gasteiger partial charge is 0.494 e. The molecule has 0 fully saturated rings. The van der Waals surface area contributed by atoms with Gasteiger partial charge < -0.3 is 24.8 Å². The molecule has 1 atom stereocenters. The van der Waals surface area contributed by atoms with E-state index in [1.54, 1.807) is 27.5 Å². The number of ether oxygens (including phenoxy) is 3. The Kier molecular flexibility index (Phi) is 6.72. The van der Waals surface area contributed by atoms with Crippen LogP contribution in [0.4, 0.5) is 5.69 Å². The molecule has 0 spiro atoms. The second-order valence-corrected chi connectivity index (χ2v) is 6.80. The minimum absolute atomic E-state index is 0.0254. The summed E-state index contributed by atoms with van der Waals surface area (Å²) >= 11 is 5.58. The van der Waals surface area contributed by atoms with Gasteiger partial charge in [-0.15, -0.1) is 0 Å². The average molecular weight is 412 g/mol. The number of methoxy groups -OCH3 is 3. The fourth-order valence-corrected chi connectivity index (χ4v) is 3.48. The van der Waals surface area contributed by atoms with E-state index in [0.717, 1.165) is 34.3 Å². The standard InChI is InChI=1S/C22H25N3O3S/c1-5-16(14-8-10-18(26-2)20(13-14)28-4)24-22(29)25-17-9-11-19(27-3)21-15(17)7-6-12-23-21/h6-13,16H,5H2,1-4H3,(H2,24,25,29)/t16-/m0/s1. The number of nitrogens with zero attached hydrogens (tertiary/aromatic N) is 1. The molecule has 7 heteroatoms. The van der Waals surface area contributed by atoms with Crippen molar-refractivity contribution in [2.24, 2.45) is 0 Å². The van der Waals surface area contributed by atoms with Crippen molar-refractivity contribution in [1.29, 1.82) is 0 Å². The second kappa shape index (κ2) is 9.43. The predicted molar refractivity (Wildman–Crippen MR) is 120 cm³/mol. The van der Waals surface area contributed by atoms with Crippen LogP contribution >= 0.6 is 12.2 Å². The van der Waals surface area contributed by atoms with Crippen LogP contribution in [0.2, 0.25) is 0 Å². The van der Waals surface area contributed by atoms with E-state index in [2.05, 4.69) is 22.5 Å². The van der Waals surface area contributed by atoms with Crippen molar-refractivity contribution in [3.63, 3.8) is 0 Å². The summed E-state index contributed by atoms with van der Waals surface area (Å²) in [5.74, 6) is 2.11. The molecule has 0 bridgehead atoms. The summed E-state index contributed by atoms with van der Waals surface area (Å²) in [6.07, 6.45) is 2.59. The maximum Gasteiger partial charge on any atom is 0.171 e. The third-order valence-electron chi connectivity index (χ3n) is 4.72. The van der Waals surface area contributed by atoms with Crippen LogP contribution < -0.4 is 24.8 Å². The Morgan fingerprint density at radius 2 is 1.72 bits per heavy atom. The monoisotopic (exact) mass is 411 g/mol. The molecule has 6 nitrogen and oxygen atoms in total. The van der Waals surface area contributed by atoms with E-state index in [-0.39, 0.29) is 6.04 Å². The zero-order valence-electron chi connectivity index (χ0n) is 17.0. The van der Waals surface area contributed by atoms with Crippen molar-refractivity contribution in [3.05, 3.63) is 54.2 Å². The highest BCUT2D eigenvalue weighted by Crippen LogP contribution is 2.32. The number of aromatic nitrogens is 1. The van der Waals surface area contributed by atoms with Gasteiger partial charge in [0.05, 0.1) is 27.4 Å². The van der Waals surface area contributed by atoms with Crippen LogP contribution in [0.3, 0.4) is 0 Å². The number of benzene rings is 2. The lowest BCUT2D eigenvalue weighted by molar-refractivity contribution is 0.354. The summed E-state index contributed by atoms with van der Waals surface area (Å²) in [5.41, 5.74) is 2.72. The minimum atomic E-state index is 0.0254. The third kappa shape index (κ3) is 4.51. The van der Waals surface area contributed by atoms with Gasteiger partial charge in [0.15, 0.2) is 16.6 Å². The molecule has 0 aliphatic rings. The van der Waals surface area contributed by atoms with Crippen molar-refractivity contribution in [2.75, 3.05) is 26.6 Å². The molecule has 0 saturated heterocycles. The van der Waals surface area contributed by atoms with Gasteiger partial charge in [-0.2, -0.15) is 0 Å². The number of pyridine rings is 1. The SMILES string of the molecule is CC[C@H](NC(=S)Nc1ccc(OC)c2ncccc12)c1ccc(OC)c(OC)c1. The van der Waals surface area contributed by atoms with Crippen LogP contribution in [0, 0.1) is 0 Å². The van der Waals surface area contributed by atoms with Gasteiger partial charge in [-0.25, -0.2) is 0 Å². The van der Waals surface area contributed by atoms with Crippen LogP contribution in [0.5, 0.6) is 17.2 Å². The van der Waals surface area contributed by atoms with E-state index >= 15 is 0 Å². The van der Waals surface area contributed by atoms with Crippen LogP contribution in [0.1, 0.15) is 24.9 Å². The van der Waals surface area contributed by atoms with Crippen molar-refractivity contribution in [2.45, 2.75) is 19.4 Å². The van der Waals surface area contributed by atoms with E-state index in [4.69, 9.17) is 26.4 Å². The number of fused-ring (bicyclic) bond motifs is 1. The predicted octanol–water partition coefficient (Wildman–Crippen LogP) is 4.70. The van der Waals surface area contributed by atoms with Crippen molar-refractivity contribution < 1.29 is 14.2 Å². The highest BCUT2D eigenvalue weighted by molar-refractivity contribution is 7.80. The highest BCUT2D eigenvalue weighted by Gasteiger charge is 2.15. The summed E-state index contributed by atoms with van der Waals surface area (Å²) in [4.78, 5) is 4.43. The first kappa shape index (κ1) is 20.7. The fraction of sp³-hybridized carbons (Fsp3) is 0.273. The van der Waals surface area contributed by atoms with Crippen LogP contribution in [-0.2, 0) is 0 Å². The summed E-state index contributed by atoms with van der Waals surface area (Å²) < 4.78 is 16.2. The number of hydrogen-bond donors (Lipinski definition) is 2. The van der Waals surface area contributed by atoms with Crippen LogP contribution in [0.15, 0.2) is 48.7 Å². The summed E-state index contributed by atoms with van der Waals surface area (Å²) in [7, 11) is 4.89. The zero-order valence-corrected chi connectivity index (χ0v) is 17.8.